The number of thioether (sulfide) groups is 1. The molecule has 2 rings (SSSR count). The summed E-state index contributed by atoms with van der Waals surface area (Å²) in [6, 6.07) is 0.877. The Morgan fingerprint density at radius 1 is 1.15 bits per heavy atom. The Labute approximate surface area is 149 Å². The maximum absolute atomic E-state index is 12.9. The van der Waals surface area contributed by atoms with Crippen molar-refractivity contribution in [3.8, 4) is 0 Å². The van der Waals surface area contributed by atoms with Crippen LogP contribution in [0.3, 0.4) is 0 Å². The Kier molecular flexibility index (Phi) is 6.46. The van der Waals surface area contributed by atoms with Crippen LogP contribution in [0.2, 0.25) is 0 Å². The molecule has 1 saturated heterocycles. The summed E-state index contributed by atoms with van der Waals surface area (Å²) in [6.07, 6.45) is -9.61. The molecule has 0 saturated carbocycles. The van der Waals surface area contributed by atoms with Crippen LogP contribution in [0.15, 0.2) is 18.2 Å². The molecule has 1 aliphatic rings. The molecule has 2 unspecified atom stereocenters. The second-order valence-electron chi connectivity index (χ2n) is 5.72. The normalized spacial score (nSPS) is 21.0. The lowest BCUT2D eigenvalue weighted by Crippen LogP contribution is -2.37. The van der Waals surface area contributed by atoms with E-state index in [1.54, 1.807) is 0 Å². The molecule has 1 heterocycles. The fraction of sp³-hybridized carbons (Fsp3) is 0.533. The largest absolute Gasteiger partial charge is 0.416 e. The van der Waals surface area contributed by atoms with Gasteiger partial charge in [0.2, 0.25) is 5.91 Å². The van der Waals surface area contributed by atoms with E-state index in [4.69, 9.17) is 5.73 Å². The van der Waals surface area contributed by atoms with Gasteiger partial charge in [0.05, 0.1) is 16.5 Å². The highest BCUT2D eigenvalue weighted by molar-refractivity contribution is 8.00. The molecule has 0 aromatic heterocycles. The van der Waals surface area contributed by atoms with E-state index in [2.05, 4.69) is 10.6 Å². The standard InChI is InChI=1S/C15H17F6N3OS/c16-14(17,18)9-3-8(4-10(5-9)15(19,20)21)11-7-26-13(24-11)6-23-12(25)1-2-22/h3-5,11,13,24H,1-2,6-7,22H2,(H,23,25). The number of halogens is 6. The van der Waals surface area contributed by atoms with Gasteiger partial charge in [-0.25, -0.2) is 0 Å². The van der Waals surface area contributed by atoms with E-state index in [1.807, 2.05) is 0 Å². The molecule has 2 atom stereocenters. The van der Waals surface area contributed by atoms with Gasteiger partial charge in [-0.1, -0.05) is 0 Å². The van der Waals surface area contributed by atoms with Crippen LogP contribution < -0.4 is 16.4 Å². The Bertz CT molecular complexity index is 617. The number of amides is 1. The summed E-state index contributed by atoms with van der Waals surface area (Å²) in [7, 11) is 0. The maximum atomic E-state index is 12.9. The van der Waals surface area contributed by atoms with Gasteiger partial charge in [-0.15, -0.1) is 11.8 Å². The molecule has 1 aromatic rings. The minimum atomic E-state index is -4.88. The molecule has 1 fully saturated rings. The summed E-state index contributed by atoms with van der Waals surface area (Å²) in [4.78, 5) is 11.4. The van der Waals surface area contributed by atoms with E-state index >= 15 is 0 Å². The molecule has 1 aromatic carbocycles. The zero-order valence-electron chi connectivity index (χ0n) is 13.4. The van der Waals surface area contributed by atoms with Crippen molar-refractivity contribution in [2.45, 2.75) is 30.2 Å². The predicted octanol–water partition coefficient (Wildman–Crippen LogP) is 2.89. The van der Waals surface area contributed by atoms with Crippen molar-refractivity contribution in [2.24, 2.45) is 5.73 Å². The van der Waals surface area contributed by atoms with Gasteiger partial charge in [-0.05, 0) is 23.8 Å². The smallest absolute Gasteiger partial charge is 0.354 e. The van der Waals surface area contributed by atoms with Crippen molar-refractivity contribution in [1.29, 1.82) is 0 Å². The number of carbonyl (C=O) groups excluding carboxylic acids is 1. The summed E-state index contributed by atoms with van der Waals surface area (Å²) in [5, 5.41) is 5.24. The molecule has 0 bridgehead atoms. The van der Waals surface area contributed by atoms with Gasteiger partial charge in [0, 0.05) is 31.3 Å². The maximum Gasteiger partial charge on any atom is 0.416 e. The number of rotatable bonds is 5. The average Bonchev–Trinajstić information content (AvgIpc) is 3.00. The van der Waals surface area contributed by atoms with Crippen LogP contribution in [0.1, 0.15) is 29.2 Å². The summed E-state index contributed by atoms with van der Waals surface area (Å²) in [6.45, 7) is 0.384. The van der Waals surface area contributed by atoms with Crippen molar-refractivity contribution in [3.05, 3.63) is 34.9 Å². The first kappa shape index (κ1) is 20.8. The van der Waals surface area contributed by atoms with Gasteiger partial charge in [0.25, 0.3) is 0 Å². The Morgan fingerprint density at radius 3 is 2.23 bits per heavy atom. The molecule has 4 N–H and O–H groups in total. The van der Waals surface area contributed by atoms with Crippen LogP contribution >= 0.6 is 11.8 Å². The monoisotopic (exact) mass is 401 g/mol. The second-order valence-corrected chi connectivity index (χ2v) is 6.96. The fourth-order valence-electron chi connectivity index (χ4n) is 2.45. The van der Waals surface area contributed by atoms with Crippen molar-refractivity contribution >= 4 is 17.7 Å². The molecule has 0 aliphatic carbocycles. The lowest BCUT2D eigenvalue weighted by atomic mass is 10.0. The molecule has 0 spiro atoms. The first-order valence-electron chi connectivity index (χ1n) is 7.64. The Morgan fingerprint density at radius 2 is 1.73 bits per heavy atom. The molecule has 0 radical (unpaired) electrons. The number of carbonyl (C=O) groups is 1. The number of nitrogens with two attached hydrogens (primary N) is 1. The van der Waals surface area contributed by atoms with Crippen LogP contribution in [-0.4, -0.2) is 30.1 Å². The molecule has 11 heteroatoms. The third-order valence-corrected chi connectivity index (χ3v) is 4.95. The van der Waals surface area contributed by atoms with E-state index in [0.29, 0.717) is 0 Å². The number of hydrogen-bond acceptors (Lipinski definition) is 4. The summed E-state index contributed by atoms with van der Waals surface area (Å²) in [5.41, 5.74) is 2.48. The van der Waals surface area contributed by atoms with Gasteiger partial charge in [0.15, 0.2) is 0 Å². The van der Waals surface area contributed by atoms with Gasteiger partial charge < -0.3 is 11.1 Å². The van der Waals surface area contributed by atoms with Gasteiger partial charge in [0.1, 0.15) is 0 Å². The van der Waals surface area contributed by atoms with E-state index < -0.39 is 29.5 Å². The number of nitrogens with one attached hydrogen (secondary N) is 2. The zero-order chi connectivity index (χ0) is 19.5. The van der Waals surface area contributed by atoms with Crippen LogP contribution in [0.4, 0.5) is 26.3 Å². The van der Waals surface area contributed by atoms with Crippen LogP contribution in [0.5, 0.6) is 0 Å². The zero-order valence-corrected chi connectivity index (χ0v) is 14.2. The Balaban J connectivity index is 2.14. The first-order valence-corrected chi connectivity index (χ1v) is 8.69. The minimum absolute atomic E-state index is 0.0876. The quantitative estimate of drug-likeness (QED) is 0.664. The summed E-state index contributed by atoms with van der Waals surface area (Å²) >= 11 is 1.31. The third-order valence-electron chi connectivity index (χ3n) is 3.72. The van der Waals surface area contributed by atoms with E-state index in [1.165, 1.54) is 11.8 Å². The van der Waals surface area contributed by atoms with Gasteiger partial charge in [-0.3, -0.25) is 10.1 Å². The van der Waals surface area contributed by atoms with Crippen molar-refractivity contribution < 1.29 is 31.1 Å². The number of hydrogen-bond donors (Lipinski definition) is 3. The molecule has 4 nitrogen and oxygen atoms in total. The van der Waals surface area contributed by atoms with Crippen molar-refractivity contribution in [3.63, 3.8) is 0 Å². The lowest BCUT2D eigenvalue weighted by molar-refractivity contribution is -0.143. The molecule has 1 amide bonds. The fourth-order valence-corrected chi connectivity index (χ4v) is 3.62. The van der Waals surface area contributed by atoms with Crippen molar-refractivity contribution in [2.75, 3.05) is 18.8 Å². The summed E-state index contributed by atoms with van der Waals surface area (Å²) in [5.74, 6) is 0.0209. The first-order chi connectivity index (χ1) is 12.0. The van der Waals surface area contributed by atoms with E-state index in [-0.39, 0.29) is 48.2 Å². The molecule has 1 aliphatic heterocycles. The highest BCUT2D eigenvalue weighted by Crippen LogP contribution is 2.39. The van der Waals surface area contributed by atoms with E-state index in [0.717, 1.165) is 12.1 Å². The SMILES string of the molecule is NCCC(=O)NCC1NC(c2cc(C(F)(F)F)cc(C(F)(F)F)c2)CS1. The second kappa shape index (κ2) is 8.05. The number of benzene rings is 1. The van der Waals surface area contributed by atoms with Crippen LogP contribution in [0, 0.1) is 0 Å². The highest BCUT2D eigenvalue weighted by atomic mass is 32.2. The predicted molar refractivity (Wildman–Crippen MR) is 85.2 cm³/mol. The number of alkyl halides is 6. The molecule has 146 valence electrons. The molecular formula is C15H17F6N3OS. The topological polar surface area (TPSA) is 67.2 Å². The van der Waals surface area contributed by atoms with Crippen LogP contribution in [0.25, 0.3) is 0 Å². The molecular weight excluding hydrogens is 384 g/mol. The Hall–Kier alpha value is -1.46. The molecule has 26 heavy (non-hydrogen) atoms. The van der Waals surface area contributed by atoms with Gasteiger partial charge >= 0.3 is 12.4 Å². The van der Waals surface area contributed by atoms with E-state index in [9.17, 15) is 31.1 Å². The summed E-state index contributed by atoms with van der Waals surface area (Å²) < 4.78 is 77.6. The van der Waals surface area contributed by atoms with Gasteiger partial charge in [-0.2, -0.15) is 26.3 Å². The third kappa shape index (κ3) is 5.52. The lowest BCUT2D eigenvalue weighted by Gasteiger charge is -2.18. The van der Waals surface area contributed by atoms with Crippen molar-refractivity contribution in [1.82, 2.24) is 10.6 Å². The highest BCUT2D eigenvalue weighted by Gasteiger charge is 2.38. The van der Waals surface area contributed by atoms with Crippen LogP contribution in [-0.2, 0) is 17.1 Å². The minimum Gasteiger partial charge on any atom is -0.354 e. The average molecular weight is 401 g/mol.